The smallest absolute Gasteiger partial charge is 0.0648 e. The first-order valence-corrected chi connectivity index (χ1v) is 8.48. The van der Waals surface area contributed by atoms with Crippen molar-refractivity contribution in [2.45, 2.75) is 26.8 Å². The molecule has 0 bridgehead atoms. The van der Waals surface area contributed by atoms with Crippen LogP contribution >= 0.6 is 0 Å². The summed E-state index contributed by atoms with van der Waals surface area (Å²) in [4.78, 5) is 2.37. The lowest BCUT2D eigenvalue weighted by molar-refractivity contribution is 0.330. The van der Waals surface area contributed by atoms with E-state index >= 15 is 0 Å². The Balaban J connectivity index is 1.70. The molecule has 0 saturated heterocycles. The number of aromatic nitrogens is 2. The summed E-state index contributed by atoms with van der Waals surface area (Å²) in [5.41, 5.74) is 6.18. The summed E-state index contributed by atoms with van der Waals surface area (Å²) >= 11 is 0. The van der Waals surface area contributed by atoms with Crippen LogP contribution in [0.2, 0.25) is 0 Å². The van der Waals surface area contributed by atoms with E-state index in [0.29, 0.717) is 0 Å². The van der Waals surface area contributed by atoms with Gasteiger partial charge in [-0.25, -0.2) is 4.68 Å². The number of hydrogen-bond acceptors (Lipinski definition) is 2. The van der Waals surface area contributed by atoms with E-state index in [-0.39, 0.29) is 0 Å². The fraction of sp³-hybridized carbons (Fsp3) is 0.286. The fourth-order valence-electron chi connectivity index (χ4n) is 3.04. The molecule has 0 N–H and O–H groups in total. The van der Waals surface area contributed by atoms with Gasteiger partial charge in [-0.05, 0) is 45.0 Å². The lowest BCUT2D eigenvalue weighted by atomic mass is 10.1. The maximum Gasteiger partial charge on any atom is 0.0648 e. The molecule has 3 rings (SSSR count). The Bertz CT molecular complexity index is 776. The summed E-state index contributed by atoms with van der Waals surface area (Å²) in [6, 6.07) is 21.0. The third-order valence-corrected chi connectivity index (χ3v) is 4.49. The molecule has 24 heavy (non-hydrogen) atoms. The molecule has 0 unspecified atom stereocenters. The molecule has 0 aliphatic carbocycles. The monoisotopic (exact) mass is 319 g/mol. The van der Waals surface area contributed by atoms with Gasteiger partial charge in [-0.1, -0.05) is 48.5 Å². The molecule has 0 fully saturated rings. The van der Waals surface area contributed by atoms with Crippen molar-refractivity contribution in [3.05, 3.63) is 83.2 Å². The molecule has 3 nitrogen and oxygen atoms in total. The minimum absolute atomic E-state index is 0.928. The highest BCUT2D eigenvalue weighted by molar-refractivity contribution is 5.36. The summed E-state index contributed by atoms with van der Waals surface area (Å²) in [5.74, 6) is 0. The molecular formula is C21H25N3. The molecule has 1 heterocycles. The zero-order valence-corrected chi connectivity index (χ0v) is 14.7. The van der Waals surface area contributed by atoms with Crippen LogP contribution in [0.3, 0.4) is 0 Å². The molecule has 0 saturated carbocycles. The molecule has 2 aromatic carbocycles. The average molecular weight is 319 g/mol. The predicted molar refractivity (Wildman–Crippen MR) is 99.5 cm³/mol. The highest BCUT2D eigenvalue weighted by Gasteiger charge is 2.14. The van der Waals surface area contributed by atoms with Crippen LogP contribution in [0.4, 0.5) is 0 Å². The van der Waals surface area contributed by atoms with Crippen molar-refractivity contribution in [1.82, 2.24) is 14.7 Å². The number of likely N-dealkylation sites (N-methyl/N-ethyl adjacent to an activating group) is 1. The first-order valence-electron chi connectivity index (χ1n) is 8.48. The van der Waals surface area contributed by atoms with Gasteiger partial charge >= 0.3 is 0 Å². The SMILES string of the molecule is Cc1nn(-c2ccccc2)c(C)c1CN(C)CCc1ccccc1. The summed E-state index contributed by atoms with van der Waals surface area (Å²) < 4.78 is 2.05. The van der Waals surface area contributed by atoms with Crippen molar-refractivity contribution in [1.29, 1.82) is 0 Å². The van der Waals surface area contributed by atoms with Gasteiger partial charge in [-0.3, -0.25) is 0 Å². The van der Waals surface area contributed by atoms with Gasteiger partial charge < -0.3 is 4.90 Å². The quantitative estimate of drug-likeness (QED) is 0.680. The molecule has 0 amide bonds. The van der Waals surface area contributed by atoms with Gasteiger partial charge in [0.15, 0.2) is 0 Å². The van der Waals surface area contributed by atoms with Crippen LogP contribution in [0.1, 0.15) is 22.5 Å². The van der Waals surface area contributed by atoms with E-state index in [1.54, 1.807) is 0 Å². The third-order valence-electron chi connectivity index (χ3n) is 4.49. The van der Waals surface area contributed by atoms with Gasteiger partial charge in [-0.2, -0.15) is 5.10 Å². The Morgan fingerprint density at radius 3 is 2.21 bits per heavy atom. The summed E-state index contributed by atoms with van der Waals surface area (Å²) in [6.45, 7) is 6.23. The van der Waals surface area contributed by atoms with Crippen molar-refractivity contribution in [3.63, 3.8) is 0 Å². The van der Waals surface area contributed by atoms with Crippen molar-refractivity contribution < 1.29 is 0 Å². The summed E-state index contributed by atoms with van der Waals surface area (Å²) in [7, 11) is 2.18. The van der Waals surface area contributed by atoms with E-state index in [9.17, 15) is 0 Å². The first kappa shape index (κ1) is 16.5. The minimum Gasteiger partial charge on any atom is -0.302 e. The molecule has 0 spiro atoms. The first-order chi connectivity index (χ1) is 11.6. The van der Waals surface area contributed by atoms with E-state index in [1.165, 1.54) is 16.8 Å². The fourth-order valence-corrected chi connectivity index (χ4v) is 3.04. The normalized spacial score (nSPS) is 11.2. The van der Waals surface area contributed by atoms with E-state index < -0.39 is 0 Å². The van der Waals surface area contributed by atoms with Crippen molar-refractivity contribution >= 4 is 0 Å². The van der Waals surface area contributed by atoms with Crippen LogP contribution in [-0.4, -0.2) is 28.3 Å². The van der Waals surface area contributed by atoms with Crippen LogP contribution < -0.4 is 0 Å². The topological polar surface area (TPSA) is 21.1 Å². The lowest BCUT2D eigenvalue weighted by Gasteiger charge is -2.17. The second-order valence-corrected chi connectivity index (χ2v) is 6.37. The van der Waals surface area contributed by atoms with Crippen LogP contribution in [0.15, 0.2) is 60.7 Å². The average Bonchev–Trinajstić information content (AvgIpc) is 2.90. The van der Waals surface area contributed by atoms with Gasteiger partial charge in [0.2, 0.25) is 0 Å². The van der Waals surface area contributed by atoms with Gasteiger partial charge in [0, 0.05) is 24.3 Å². The number of para-hydroxylation sites is 1. The Kier molecular flexibility index (Phi) is 5.11. The number of aryl methyl sites for hydroxylation is 1. The Hall–Kier alpha value is -2.39. The summed E-state index contributed by atoms with van der Waals surface area (Å²) in [5, 5.41) is 4.74. The number of hydrogen-bond donors (Lipinski definition) is 0. The van der Waals surface area contributed by atoms with Gasteiger partial charge in [0.25, 0.3) is 0 Å². The summed E-state index contributed by atoms with van der Waals surface area (Å²) in [6.07, 6.45) is 1.07. The second-order valence-electron chi connectivity index (χ2n) is 6.37. The van der Waals surface area contributed by atoms with Crippen LogP contribution in [0.25, 0.3) is 5.69 Å². The minimum atomic E-state index is 0.928. The zero-order valence-electron chi connectivity index (χ0n) is 14.7. The number of nitrogens with zero attached hydrogens (tertiary/aromatic N) is 3. The number of benzene rings is 2. The predicted octanol–water partition coefficient (Wildman–Crippen LogP) is 4.16. The molecule has 0 radical (unpaired) electrons. The molecule has 1 aromatic heterocycles. The van der Waals surface area contributed by atoms with Crippen LogP contribution in [-0.2, 0) is 13.0 Å². The molecule has 3 aromatic rings. The molecule has 0 atom stereocenters. The number of rotatable bonds is 6. The van der Waals surface area contributed by atoms with E-state index in [2.05, 4.69) is 85.1 Å². The molecular weight excluding hydrogens is 294 g/mol. The largest absolute Gasteiger partial charge is 0.302 e. The maximum absolute atomic E-state index is 4.74. The Labute approximate surface area is 144 Å². The highest BCUT2D eigenvalue weighted by atomic mass is 15.3. The van der Waals surface area contributed by atoms with Gasteiger partial charge in [0.1, 0.15) is 0 Å². The molecule has 0 aliphatic rings. The van der Waals surface area contributed by atoms with Gasteiger partial charge in [0.05, 0.1) is 11.4 Å². The second kappa shape index (κ2) is 7.45. The molecule has 3 heteroatoms. The third kappa shape index (κ3) is 3.74. The van der Waals surface area contributed by atoms with E-state index in [4.69, 9.17) is 5.10 Å². The standard InChI is InChI=1S/C21H25N3/c1-17-21(16-23(3)15-14-19-10-6-4-7-11-19)18(2)24(22-17)20-12-8-5-9-13-20/h4-13H,14-16H2,1-3H3. The zero-order chi connectivity index (χ0) is 16.9. The lowest BCUT2D eigenvalue weighted by Crippen LogP contribution is -2.21. The molecule has 124 valence electrons. The van der Waals surface area contributed by atoms with E-state index in [1.807, 2.05) is 6.07 Å². The maximum atomic E-state index is 4.74. The van der Waals surface area contributed by atoms with Crippen LogP contribution in [0.5, 0.6) is 0 Å². The Morgan fingerprint density at radius 1 is 0.917 bits per heavy atom. The highest BCUT2D eigenvalue weighted by Crippen LogP contribution is 2.19. The van der Waals surface area contributed by atoms with Gasteiger partial charge in [-0.15, -0.1) is 0 Å². The van der Waals surface area contributed by atoms with Crippen molar-refractivity contribution in [2.24, 2.45) is 0 Å². The molecule has 0 aliphatic heterocycles. The van der Waals surface area contributed by atoms with E-state index in [0.717, 1.165) is 30.9 Å². The van der Waals surface area contributed by atoms with Crippen molar-refractivity contribution in [3.8, 4) is 5.69 Å². The Morgan fingerprint density at radius 2 is 1.54 bits per heavy atom. The van der Waals surface area contributed by atoms with Crippen molar-refractivity contribution in [2.75, 3.05) is 13.6 Å². The van der Waals surface area contributed by atoms with Crippen LogP contribution in [0, 0.1) is 13.8 Å².